The van der Waals surface area contributed by atoms with Crippen molar-refractivity contribution in [2.24, 2.45) is 0 Å². The van der Waals surface area contributed by atoms with Crippen molar-refractivity contribution in [2.45, 2.75) is 19.4 Å². The van der Waals surface area contributed by atoms with Crippen molar-refractivity contribution in [3.05, 3.63) is 29.6 Å². The van der Waals surface area contributed by atoms with Gasteiger partial charge < -0.3 is 10.2 Å². The topological polar surface area (TPSA) is 39.1 Å². The van der Waals surface area contributed by atoms with E-state index in [0.29, 0.717) is 5.69 Å². The van der Waals surface area contributed by atoms with E-state index in [4.69, 9.17) is 5.26 Å². The predicted molar refractivity (Wildman–Crippen MR) is 67.4 cm³/mol. The molecule has 0 aliphatic carbocycles. The maximum atomic E-state index is 13.3. The van der Waals surface area contributed by atoms with Crippen molar-refractivity contribution >= 4 is 5.69 Å². The van der Waals surface area contributed by atoms with Crippen LogP contribution in [0, 0.1) is 17.1 Å². The number of halogens is 1. The van der Waals surface area contributed by atoms with Gasteiger partial charge in [0.25, 0.3) is 0 Å². The highest BCUT2D eigenvalue weighted by atomic mass is 19.1. The van der Waals surface area contributed by atoms with E-state index in [-0.39, 0.29) is 11.6 Å². The van der Waals surface area contributed by atoms with E-state index in [1.54, 1.807) is 12.1 Å². The lowest BCUT2D eigenvalue weighted by atomic mass is 10.1. The summed E-state index contributed by atoms with van der Waals surface area (Å²) in [6.07, 6.45) is 0.981. The Bertz CT molecular complexity index is 410. The van der Waals surface area contributed by atoms with Crippen LogP contribution in [0.5, 0.6) is 0 Å². The SMILES string of the molecule is CC(CCN(C)C)Nc1ccc(C#N)c(F)c1. The Morgan fingerprint density at radius 1 is 1.47 bits per heavy atom. The molecule has 4 heteroatoms. The fourth-order valence-electron chi connectivity index (χ4n) is 1.50. The molecule has 0 heterocycles. The van der Waals surface area contributed by atoms with E-state index in [1.165, 1.54) is 12.1 Å². The largest absolute Gasteiger partial charge is 0.382 e. The van der Waals surface area contributed by atoms with Crippen LogP contribution in [-0.4, -0.2) is 31.6 Å². The number of nitrogens with one attached hydrogen (secondary N) is 1. The van der Waals surface area contributed by atoms with Gasteiger partial charge in [-0.05, 0) is 52.2 Å². The van der Waals surface area contributed by atoms with Gasteiger partial charge in [-0.25, -0.2) is 4.39 Å². The Morgan fingerprint density at radius 2 is 2.18 bits per heavy atom. The second kappa shape index (κ2) is 6.21. The lowest BCUT2D eigenvalue weighted by Gasteiger charge is -2.17. The van der Waals surface area contributed by atoms with Gasteiger partial charge in [0.05, 0.1) is 5.56 Å². The Balaban J connectivity index is 2.57. The summed E-state index contributed by atoms with van der Waals surface area (Å²) in [7, 11) is 4.04. The lowest BCUT2D eigenvalue weighted by Crippen LogP contribution is -2.23. The number of hydrogen-bond acceptors (Lipinski definition) is 3. The van der Waals surface area contributed by atoms with Crippen LogP contribution in [0.3, 0.4) is 0 Å². The molecule has 0 bridgehead atoms. The summed E-state index contributed by atoms with van der Waals surface area (Å²) in [5.41, 5.74) is 0.796. The first kappa shape index (κ1) is 13.5. The van der Waals surface area contributed by atoms with E-state index in [2.05, 4.69) is 17.1 Å². The average Bonchev–Trinajstić information content (AvgIpc) is 2.26. The molecule has 0 radical (unpaired) electrons. The van der Waals surface area contributed by atoms with Crippen molar-refractivity contribution in [1.82, 2.24) is 4.90 Å². The zero-order chi connectivity index (χ0) is 12.8. The summed E-state index contributed by atoms with van der Waals surface area (Å²) >= 11 is 0. The van der Waals surface area contributed by atoms with Gasteiger partial charge in [-0.15, -0.1) is 0 Å². The molecular formula is C13H18FN3. The highest BCUT2D eigenvalue weighted by molar-refractivity contribution is 5.48. The number of anilines is 1. The molecule has 1 N–H and O–H groups in total. The van der Waals surface area contributed by atoms with Crippen molar-refractivity contribution in [3.8, 4) is 6.07 Å². The van der Waals surface area contributed by atoms with E-state index in [1.807, 2.05) is 14.1 Å². The fraction of sp³-hybridized carbons (Fsp3) is 0.462. The normalized spacial score (nSPS) is 12.2. The van der Waals surface area contributed by atoms with Crippen LogP contribution in [0.25, 0.3) is 0 Å². The third kappa shape index (κ3) is 4.41. The third-order valence-corrected chi connectivity index (χ3v) is 2.51. The Morgan fingerprint density at radius 3 is 2.71 bits per heavy atom. The zero-order valence-electron chi connectivity index (χ0n) is 10.5. The maximum absolute atomic E-state index is 13.3. The van der Waals surface area contributed by atoms with Crippen LogP contribution in [0.1, 0.15) is 18.9 Å². The molecule has 3 nitrogen and oxygen atoms in total. The van der Waals surface area contributed by atoms with Crippen LogP contribution >= 0.6 is 0 Å². The Kier molecular flexibility index (Phi) is 4.92. The molecule has 0 amide bonds. The third-order valence-electron chi connectivity index (χ3n) is 2.51. The Hall–Kier alpha value is -1.60. The van der Waals surface area contributed by atoms with Gasteiger partial charge in [-0.2, -0.15) is 5.26 Å². The summed E-state index contributed by atoms with van der Waals surface area (Å²) in [5.74, 6) is -0.475. The average molecular weight is 235 g/mol. The first-order valence-electron chi connectivity index (χ1n) is 5.64. The molecule has 0 saturated heterocycles. The van der Waals surface area contributed by atoms with E-state index in [0.717, 1.165) is 13.0 Å². The molecule has 0 spiro atoms. The molecular weight excluding hydrogens is 217 g/mol. The molecule has 17 heavy (non-hydrogen) atoms. The lowest BCUT2D eigenvalue weighted by molar-refractivity contribution is 0.390. The molecule has 1 atom stereocenters. The van der Waals surface area contributed by atoms with E-state index >= 15 is 0 Å². The second-order valence-corrected chi connectivity index (χ2v) is 4.44. The summed E-state index contributed by atoms with van der Waals surface area (Å²) < 4.78 is 13.3. The standard InChI is InChI=1S/C13H18FN3/c1-10(6-7-17(2)3)16-12-5-4-11(9-15)13(14)8-12/h4-5,8,10,16H,6-7H2,1-3H3. The van der Waals surface area contributed by atoms with Crippen molar-refractivity contribution < 1.29 is 4.39 Å². The highest BCUT2D eigenvalue weighted by Crippen LogP contribution is 2.15. The summed E-state index contributed by atoms with van der Waals surface area (Å²) in [4.78, 5) is 2.11. The van der Waals surface area contributed by atoms with Gasteiger partial charge in [0.15, 0.2) is 0 Å². The molecule has 1 aromatic carbocycles. The van der Waals surface area contributed by atoms with Crippen LogP contribution in [0.4, 0.5) is 10.1 Å². The minimum atomic E-state index is -0.475. The van der Waals surface area contributed by atoms with Crippen molar-refractivity contribution in [1.29, 1.82) is 5.26 Å². The van der Waals surface area contributed by atoms with Gasteiger partial charge in [0.1, 0.15) is 11.9 Å². The van der Waals surface area contributed by atoms with E-state index < -0.39 is 5.82 Å². The minimum Gasteiger partial charge on any atom is -0.382 e. The molecule has 0 aliphatic heterocycles. The van der Waals surface area contributed by atoms with E-state index in [9.17, 15) is 4.39 Å². The first-order chi connectivity index (χ1) is 8.02. The zero-order valence-corrected chi connectivity index (χ0v) is 10.5. The smallest absolute Gasteiger partial charge is 0.143 e. The molecule has 0 fully saturated rings. The van der Waals surface area contributed by atoms with Gasteiger partial charge in [0.2, 0.25) is 0 Å². The number of nitriles is 1. The molecule has 92 valence electrons. The Labute approximate surface area is 102 Å². The summed E-state index contributed by atoms with van der Waals surface area (Å²) in [6, 6.07) is 6.67. The first-order valence-corrected chi connectivity index (χ1v) is 5.64. The van der Waals surface area contributed by atoms with Crippen molar-refractivity contribution in [2.75, 3.05) is 26.0 Å². The van der Waals surface area contributed by atoms with Crippen molar-refractivity contribution in [3.63, 3.8) is 0 Å². The van der Waals surface area contributed by atoms with Gasteiger partial charge in [-0.1, -0.05) is 0 Å². The number of hydrogen-bond donors (Lipinski definition) is 1. The summed E-state index contributed by atoms with van der Waals surface area (Å²) in [6.45, 7) is 3.03. The quantitative estimate of drug-likeness (QED) is 0.852. The molecule has 1 aromatic rings. The number of benzene rings is 1. The molecule has 0 aliphatic rings. The van der Waals surface area contributed by atoms with Gasteiger partial charge in [-0.3, -0.25) is 0 Å². The highest BCUT2D eigenvalue weighted by Gasteiger charge is 2.06. The fourth-order valence-corrected chi connectivity index (χ4v) is 1.50. The molecule has 0 aromatic heterocycles. The van der Waals surface area contributed by atoms with Gasteiger partial charge in [0, 0.05) is 11.7 Å². The van der Waals surface area contributed by atoms with Gasteiger partial charge >= 0.3 is 0 Å². The monoisotopic (exact) mass is 235 g/mol. The molecule has 0 saturated carbocycles. The number of rotatable bonds is 5. The minimum absolute atomic E-state index is 0.0801. The van der Waals surface area contributed by atoms with Crippen LogP contribution in [-0.2, 0) is 0 Å². The maximum Gasteiger partial charge on any atom is 0.143 e. The molecule has 1 unspecified atom stereocenters. The second-order valence-electron chi connectivity index (χ2n) is 4.44. The number of nitrogens with zero attached hydrogens (tertiary/aromatic N) is 2. The van der Waals surface area contributed by atoms with Crippen LogP contribution < -0.4 is 5.32 Å². The predicted octanol–water partition coefficient (Wildman–Crippen LogP) is 2.45. The van der Waals surface area contributed by atoms with Crippen LogP contribution in [0.15, 0.2) is 18.2 Å². The molecule has 1 rings (SSSR count). The summed E-state index contributed by atoms with van der Waals surface area (Å²) in [5, 5.41) is 11.8. The van der Waals surface area contributed by atoms with Crippen LogP contribution in [0.2, 0.25) is 0 Å².